The van der Waals surface area contributed by atoms with Crippen LogP contribution in [-0.4, -0.2) is 0 Å². The molecule has 0 amide bonds. The lowest BCUT2D eigenvalue weighted by Gasteiger charge is -2.31. The fourth-order valence-corrected chi connectivity index (χ4v) is 3.41. The Morgan fingerprint density at radius 2 is 0.857 bits per heavy atom. The van der Waals surface area contributed by atoms with Crippen LogP contribution in [0.3, 0.4) is 0 Å². The molecule has 0 spiro atoms. The molecule has 0 heteroatoms. The summed E-state index contributed by atoms with van der Waals surface area (Å²) in [5.41, 5.74) is 11.4. The summed E-state index contributed by atoms with van der Waals surface area (Å²) < 4.78 is 0. The first-order chi connectivity index (χ1) is 9.67. The Morgan fingerprint density at radius 3 is 1.19 bits per heavy atom. The Kier molecular flexibility index (Phi) is 4.02. The van der Waals surface area contributed by atoms with Gasteiger partial charge in [-0.15, -0.1) is 0 Å². The van der Waals surface area contributed by atoms with E-state index in [1.807, 2.05) is 0 Å². The zero-order valence-electron chi connectivity index (χ0n) is 14.8. The van der Waals surface area contributed by atoms with Gasteiger partial charge in [0.15, 0.2) is 0 Å². The molecule has 21 heavy (non-hydrogen) atoms. The molecule has 0 atom stereocenters. The monoisotopic (exact) mass is 280 g/mol. The molecule has 0 N–H and O–H groups in total. The maximum atomic E-state index is 2.35. The summed E-state index contributed by atoms with van der Waals surface area (Å²) in [6.07, 6.45) is 0. The van der Waals surface area contributed by atoms with Gasteiger partial charge in [-0.25, -0.2) is 0 Å². The number of rotatable bonds is 2. The Morgan fingerprint density at radius 1 is 0.524 bits per heavy atom. The van der Waals surface area contributed by atoms with Gasteiger partial charge in [-0.05, 0) is 86.1 Å². The summed E-state index contributed by atoms with van der Waals surface area (Å²) >= 11 is 0. The van der Waals surface area contributed by atoms with Gasteiger partial charge in [0.2, 0.25) is 0 Å². The minimum absolute atomic E-state index is 0.0328. The van der Waals surface area contributed by atoms with E-state index in [0.717, 1.165) is 0 Å². The summed E-state index contributed by atoms with van der Waals surface area (Å²) in [5.74, 6) is 0. The fourth-order valence-electron chi connectivity index (χ4n) is 3.41. The molecule has 0 saturated carbocycles. The molecule has 0 nitrogen and oxygen atoms in total. The molecule has 0 aliphatic heterocycles. The van der Waals surface area contributed by atoms with Gasteiger partial charge in [-0.1, -0.05) is 38.1 Å². The molecule has 0 bridgehead atoms. The number of hydrogen-bond donors (Lipinski definition) is 0. The van der Waals surface area contributed by atoms with E-state index in [0.29, 0.717) is 0 Å². The number of aryl methyl sites for hydroxylation is 2. The molecule has 0 aliphatic carbocycles. The van der Waals surface area contributed by atoms with Gasteiger partial charge in [0.1, 0.15) is 0 Å². The minimum Gasteiger partial charge on any atom is -0.0587 e. The van der Waals surface area contributed by atoms with Crippen molar-refractivity contribution in [2.24, 2.45) is 0 Å². The van der Waals surface area contributed by atoms with E-state index in [4.69, 9.17) is 0 Å². The standard InChI is InChI=1S/C21H28/c1-13-9-11-19(17(5)15(13)3)21(7,8)20-12-10-14(2)16(4)18(20)6/h9-12H,1-8H3. The second-order valence-electron chi connectivity index (χ2n) is 6.99. The maximum absolute atomic E-state index is 2.35. The Bertz CT molecular complexity index is 628. The van der Waals surface area contributed by atoms with Crippen molar-refractivity contribution in [3.8, 4) is 0 Å². The SMILES string of the molecule is Cc1ccc(C(C)(C)c2ccc(C)c(C)c2C)c(C)c1C. The lowest BCUT2D eigenvalue weighted by atomic mass is 9.72. The van der Waals surface area contributed by atoms with E-state index in [2.05, 4.69) is 79.7 Å². The minimum atomic E-state index is 0.0328. The van der Waals surface area contributed by atoms with E-state index in [-0.39, 0.29) is 5.41 Å². The molecular formula is C21H28. The first kappa shape index (κ1) is 15.8. The van der Waals surface area contributed by atoms with Crippen LogP contribution in [0.2, 0.25) is 0 Å². The van der Waals surface area contributed by atoms with Gasteiger partial charge < -0.3 is 0 Å². The van der Waals surface area contributed by atoms with Crippen LogP contribution in [0.15, 0.2) is 24.3 Å². The molecule has 2 aromatic rings. The van der Waals surface area contributed by atoms with Crippen LogP contribution in [0.25, 0.3) is 0 Å². The van der Waals surface area contributed by atoms with Crippen molar-refractivity contribution in [3.05, 3.63) is 68.8 Å². The fraction of sp³-hybridized carbons (Fsp3) is 0.429. The van der Waals surface area contributed by atoms with Crippen molar-refractivity contribution in [2.75, 3.05) is 0 Å². The van der Waals surface area contributed by atoms with Crippen LogP contribution in [0.4, 0.5) is 0 Å². The second-order valence-corrected chi connectivity index (χ2v) is 6.99. The van der Waals surface area contributed by atoms with Crippen LogP contribution < -0.4 is 0 Å². The van der Waals surface area contributed by atoms with E-state index >= 15 is 0 Å². The number of benzene rings is 2. The molecule has 2 aromatic carbocycles. The Hall–Kier alpha value is -1.56. The quantitative estimate of drug-likeness (QED) is 0.646. The Balaban J connectivity index is 2.68. The van der Waals surface area contributed by atoms with Gasteiger partial charge in [0.05, 0.1) is 0 Å². The van der Waals surface area contributed by atoms with Crippen LogP contribution in [0.5, 0.6) is 0 Å². The molecule has 112 valence electrons. The van der Waals surface area contributed by atoms with Gasteiger partial charge in [0, 0.05) is 5.41 Å². The lowest BCUT2D eigenvalue weighted by Crippen LogP contribution is -2.22. The normalized spacial score (nSPS) is 11.8. The summed E-state index contributed by atoms with van der Waals surface area (Å²) in [4.78, 5) is 0. The van der Waals surface area contributed by atoms with Crippen LogP contribution in [0.1, 0.15) is 58.4 Å². The van der Waals surface area contributed by atoms with Gasteiger partial charge >= 0.3 is 0 Å². The predicted molar refractivity (Wildman–Crippen MR) is 93.4 cm³/mol. The van der Waals surface area contributed by atoms with Gasteiger partial charge in [0.25, 0.3) is 0 Å². The third-order valence-electron chi connectivity index (χ3n) is 5.46. The molecule has 2 rings (SSSR count). The first-order valence-corrected chi connectivity index (χ1v) is 7.82. The van der Waals surface area contributed by atoms with E-state index in [9.17, 15) is 0 Å². The maximum Gasteiger partial charge on any atom is 0.0152 e. The largest absolute Gasteiger partial charge is 0.0587 e. The predicted octanol–water partition coefficient (Wildman–Crippen LogP) is 5.86. The Labute approximate surface area is 130 Å². The summed E-state index contributed by atoms with van der Waals surface area (Å²) in [6, 6.07) is 9.14. The molecular weight excluding hydrogens is 252 g/mol. The van der Waals surface area contributed by atoms with E-state index in [1.54, 1.807) is 0 Å². The average molecular weight is 280 g/mol. The van der Waals surface area contributed by atoms with E-state index < -0.39 is 0 Å². The van der Waals surface area contributed by atoms with Crippen molar-refractivity contribution in [1.29, 1.82) is 0 Å². The third kappa shape index (κ3) is 2.52. The van der Waals surface area contributed by atoms with Crippen LogP contribution in [0, 0.1) is 41.5 Å². The van der Waals surface area contributed by atoms with Crippen LogP contribution in [-0.2, 0) is 5.41 Å². The highest BCUT2D eigenvalue weighted by Gasteiger charge is 2.27. The summed E-state index contributed by atoms with van der Waals surface area (Å²) in [7, 11) is 0. The topological polar surface area (TPSA) is 0 Å². The molecule has 0 aromatic heterocycles. The van der Waals surface area contributed by atoms with Crippen LogP contribution >= 0.6 is 0 Å². The first-order valence-electron chi connectivity index (χ1n) is 7.82. The smallest absolute Gasteiger partial charge is 0.0152 e. The summed E-state index contributed by atoms with van der Waals surface area (Å²) in [5, 5.41) is 0. The highest BCUT2D eigenvalue weighted by atomic mass is 14.3. The molecule has 0 radical (unpaired) electrons. The average Bonchev–Trinajstić information content (AvgIpc) is 2.41. The zero-order chi connectivity index (χ0) is 15.9. The molecule has 0 aliphatic rings. The van der Waals surface area contributed by atoms with Crippen molar-refractivity contribution in [3.63, 3.8) is 0 Å². The highest BCUT2D eigenvalue weighted by Crippen LogP contribution is 2.38. The highest BCUT2D eigenvalue weighted by molar-refractivity contribution is 5.51. The van der Waals surface area contributed by atoms with Crippen molar-refractivity contribution in [2.45, 2.75) is 60.8 Å². The van der Waals surface area contributed by atoms with E-state index in [1.165, 1.54) is 44.5 Å². The zero-order valence-corrected chi connectivity index (χ0v) is 14.8. The molecule has 0 heterocycles. The van der Waals surface area contributed by atoms with Crippen molar-refractivity contribution in [1.82, 2.24) is 0 Å². The van der Waals surface area contributed by atoms with Gasteiger partial charge in [-0.3, -0.25) is 0 Å². The molecule has 0 saturated heterocycles. The number of hydrogen-bond acceptors (Lipinski definition) is 0. The second kappa shape index (κ2) is 5.33. The summed E-state index contributed by atoms with van der Waals surface area (Å²) in [6.45, 7) is 18.1. The van der Waals surface area contributed by atoms with Crippen molar-refractivity contribution < 1.29 is 0 Å². The molecule has 0 fully saturated rings. The van der Waals surface area contributed by atoms with Gasteiger partial charge in [-0.2, -0.15) is 0 Å². The van der Waals surface area contributed by atoms with Crippen molar-refractivity contribution >= 4 is 0 Å². The molecule has 0 unspecified atom stereocenters. The third-order valence-corrected chi connectivity index (χ3v) is 5.46. The lowest BCUT2D eigenvalue weighted by molar-refractivity contribution is 0.629.